The zero-order valence-electron chi connectivity index (χ0n) is 12.3. The van der Waals surface area contributed by atoms with E-state index in [9.17, 15) is 9.59 Å². The van der Waals surface area contributed by atoms with E-state index in [1.165, 1.54) is 0 Å². The molecular formula is C15H18BrNO5. The van der Waals surface area contributed by atoms with Crippen LogP contribution in [-0.2, 0) is 19.1 Å². The summed E-state index contributed by atoms with van der Waals surface area (Å²) in [6, 6.07) is 7.09. The predicted octanol–water partition coefficient (Wildman–Crippen LogP) is 1.62. The Morgan fingerprint density at radius 1 is 1.32 bits per heavy atom. The van der Waals surface area contributed by atoms with Gasteiger partial charge in [-0.3, -0.25) is 4.79 Å². The number of amides is 1. The number of carbonyl (C=O) groups excluding carboxylic acids is 2. The van der Waals surface area contributed by atoms with Crippen LogP contribution < -0.4 is 4.74 Å². The summed E-state index contributed by atoms with van der Waals surface area (Å²) in [7, 11) is 0. The highest BCUT2D eigenvalue weighted by Gasteiger charge is 2.22. The standard InChI is InChI=1S/C15H18BrNO5/c1-11-8-17(6-7-20-11)14(18)9-22-15(19)10-21-13-4-2-12(16)3-5-13/h2-5,11H,6-10H2,1H3. The van der Waals surface area contributed by atoms with Gasteiger partial charge in [-0.15, -0.1) is 0 Å². The quantitative estimate of drug-likeness (QED) is 0.735. The Labute approximate surface area is 137 Å². The summed E-state index contributed by atoms with van der Waals surface area (Å²) in [5, 5.41) is 0. The molecule has 6 nitrogen and oxygen atoms in total. The summed E-state index contributed by atoms with van der Waals surface area (Å²) >= 11 is 3.31. The Kier molecular flexibility index (Phi) is 6.21. The number of ether oxygens (including phenoxy) is 3. The Morgan fingerprint density at radius 3 is 2.73 bits per heavy atom. The Hall–Kier alpha value is -1.60. The lowest BCUT2D eigenvalue weighted by Crippen LogP contribution is -2.46. The van der Waals surface area contributed by atoms with Crippen molar-refractivity contribution < 1.29 is 23.8 Å². The van der Waals surface area contributed by atoms with Gasteiger partial charge < -0.3 is 19.1 Å². The highest BCUT2D eigenvalue weighted by molar-refractivity contribution is 9.10. The number of rotatable bonds is 5. The van der Waals surface area contributed by atoms with Crippen LogP contribution in [0.25, 0.3) is 0 Å². The van der Waals surface area contributed by atoms with Gasteiger partial charge in [-0.25, -0.2) is 4.79 Å². The van der Waals surface area contributed by atoms with Gasteiger partial charge in [0.1, 0.15) is 5.75 Å². The van der Waals surface area contributed by atoms with Gasteiger partial charge in [0.25, 0.3) is 5.91 Å². The van der Waals surface area contributed by atoms with E-state index in [0.29, 0.717) is 25.4 Å². The van der Waals surface area contributed by atoms with Gasteiger partial charge in [-0.1, -0.05) is 15.9 Å². The van der Waals surface area contributed by atoms with Crippen molar-refractivity contribution in [1.29, 1.82) is 0 Å². The number of morpholine rings is 1. The van der Waals surface area contributed by atoms with Crippen LogP contribution >= 0.6 is 15.9 Å². The fraction of sp³-hybridized carbons (Fsp3) is 0.467. The van der Waals surface area contributed by atoms with Crippen molar-refractivity contribution in [3.05, 3.63) is 28.7 Å². The molecule has 0 N–H and O–H groups in total. The van der Waals surface area contributed by atoms with Gasteiger partial charge in [0.15, 0.2) is 13.2 Å². The van der Waals surface area contributed by atoms with E-state index in [2.05, 4.69) is 15.9 Å². The molecule has 1 unspecified atom stereocenters. The maximum absolute atomic E-state index is 11.9. The first-order valence-corrected chi connectivity index (χ1v) is 7.77. The van der Waals surface area contributed by atoms with Crippen molar-refractivity contribution in [2.24, 2.45) is 0 Å². The second kappa shape index (κ2) is 8.14. The summed E-state index contributed by atoms with van der Waals surface area (Å²) < 4.78 is 16.5. The van der Waals surface area contributed by atoms with E-state index in [-0.39, 0.29) is 25.2 Å². The predicted molar refractivity (Wildman–Crippen MR) is 82.6 cm³/mol. The first kappa shape index (κ1) is 16.8. The molecule has 1 fully saturated rings. The van der Waals surface area contributed by atoms with Crippen molar-refractivity contribution in [3.63, 3.8) is 0 Å². The molecule has 0 saturated carbocycles. The second-order valence-electron chi connectivity index (χ2n) is 4.92. The molecule has 0 aliphatic carbocycles. The fourth-order valence-electron chi connectivity index (χ4n) is 1.99. The molecule has 1 heterocycles. The van der Waals surface area contributed by atoms with Crippen molar-refractivity contribution in [1.82, 2.24) is 4.90 Å². The van der Waals surface area contributed by atoms with E-state index in [0.717, 1.165) is 4.47 Å². The van der Waals surface area contributed by atoms with Crippen LogP contribution in [0.4, 0.5) is 0 Å². The van der Waals surface area contributed by atoms with Crippen LogP contribution in [0.15, 0.2) is 28.7 Å². The van der Waals surface area contributed by atoms with E-state index in [1.54, 1.807) is 17.0 Å². The van der Waals surface area contributed by atoms with Gasteiger partial charge in [0.05, 0.1) is 12.7 Å². The summed E-state index contributed by atoms with van der Waals surface area (Å²) in [5.41, 5.74) is 0. The van der Waals surface area contributed by atoms with Gasteiger partial charge in [-0.05, 0) is 31.2 Å². The topological polar surface area (TPSA) is 65.1 Å². The lowest BCUT2D eigenvalue weighted by atomic mass is 10.3. The Bertz CT molecular complexity index is 519. The van der Waals surface area contributed by atoms with Crippen molar-refractivity contribution in [2.45, 2.75) is 13.0 Å². The highest BCUT2D eigenvalue weighted by Crippen LogP contribution is 2.15. The third kappa shape index (κ3) is 5.31. The first-order valence-electron chi connectivity index (χ1n) is 6.98. The number of carbonyl (C=O) groups is 2. The van der Waals surface area contributed by atoms with Crippen LogP contribution in [0.2, 0.25) is 0 Å². The molecule has 1 aliphatic rings. The molecule has 1 amide bonds. The fourth-order valence-corrected chi connectivity index (χ4v) is 2.26. The molecule has 0 spiro atoms. The smallest absolute Gasteiger partial charge is 0.344 e. The molecule has 1 saturated heterocycles. The summed E-state index contributed by atoms with van der Waals surface area (Å²) in [6.45, 7) is 2.95. The highest BCUT2D eigenvalue weighted by atomic mass is 79.9. The summed E-state index contributed by atoms with van der Waals surface area (Å²) in [4.78, 5) is 25.1. The number of nitrogens with zero attached hydrogens (tertiary/aromatic N) is 1. The minimum absolute atomic E-state index is 0.00846. The number of hydrogen-bond acceptors (Lipinski definition) is 5. The molecule has 22 heavy (non-hydrogen) atoms. The van der Waals surface area contributed by atoms with Crippen LogP contribution in [0.3, 0.4) is 0 Å². The maximum atomic E-state index is 11.9. The molecule has 0 radical (unpaired) electrons. The van der Waals surface area contributed by atoms with E-state index >= 15 is 0 Å². The largest absolute Gasteiger partial charge is 0.482 e. The molecule has 7 heteroatoms. The monoisotopic (exact) mass is 371 g/mol. The molecule has 1 aliphatic heterocycles. The van der Waals surface area contributed by atoms with Crippen LogP contribution in [-0.4, -0.2) is 55.8 Å². The lowest BCUT2D eigenvalue weighted by Gasteiger charge is -2.30. The first-order chi connectivity index (χ1) is 10.5. The average molecular weight is 372 g/mol. The molecule has 2 rings (SSSR count). The summed E-state index contributed by atoms with van der Waals surface area (Å²) in [6.07, 6.45) is 0.00846. The molecule has 1 atom stereocenters. The zero-order valence-corrected chi connectivity index (χ0v) is 13.9. The zero-order chi connectivity index (χ0) is 15.9. The molecule has 1 aromatic carbocycles. The van der Waals surface area contributed by atoms with Crippen molar-refractivity contribution in [2.75, 3.05) is 32.9 Å². The number of esters is 1. The average Bonchev–Trinajstić information content (AvgIpc) is 2.52. The number of benzene rings is 1. The number of halogens is 1. The van der Waals surface area contributed by atoms with Gasteiger partial charge in [0.2, 0.25) is 0 Å². The van der Waals surface area contributed by atoms with Crippen LogP contribution in [0, 0.1) is 0 Å². The van der Waals surface area contributed by atoms with E-state index in [1.807, 2.05) is 19.1 Å². The lowest BCUT2D eigenvalue weighted by molar-refractivity contribution is -0.156. The van der Waals surface area contributed by atoms with Gasteiger partial charge >= 0.3 is 5.97 Å². The Balaban J connectivity index is 1.68. The second-order valence-corrected chi connectivity index (χ2v) is 5.84. The Morgan fingerprint density at radius 2 is 2.05 bits per heavy atom. The minimum atomic E-state index is -0.572. The molecular weight excluding hydrogens is 354 g/mol. The molecule has 1 aromatic rings. The molecule has 120 valence electrons. The van der Waals surface area contributed by atoms with Gasteiger partial charge in [0, 0.05) is 17.6 Å². The summed E-state index contributed by atoms with van der Waals surface area (Å²) in [5.74, 6) is -0.224. The van der Waals surface area contributed by atoms with Gasteiger partial charge in [-0.2, -0.15) is 0 Å². The minimum Gasteiger partial charge on any atom is -0.482 e. The third-order valence-corrected chi connectivity index (χ3v) is 3.65. The van der Waals surface area contributed by atoms with E-state index in [4.69, 9.17) is 14.2 Å². The SMILES string of the molecule is CC1CN(C(=O)COC(=O)COc2ccc(Br)cc2)CCO1. The van der Waals surface area contributed by atoms with E-state index < -0.39 is 5.97 Å². The van der Waals surface area contributed by atoms with Crippen LogP contribution in [0.1, 0.15) is 6.92 Å². The third-order valence-electron chi connectivity index (χ3n) is 3.12. The number of hydrogen-bond donors (Lipinski definition) is 0. The molecule has 0 bridgehead atoms. The van der Waals surface area contributed by atoms with Crippen molar-refractivity contribution >= 4 is 27.8 Å². The molecule has 0 aromatic heterocycles. The normalized spacial score (nSPS) is 17.9. The maximum Gasteiger partial charge on any atom is 0.344 e. The van der Waals surface area contributed by atoms with Crippen LogP contribution in [0.5, 0.6) is 5.75 Å². The van der Waals surface area contributed by atoms with Crippen molar-refractivity contribution in [3.8, 4) is 5.75 Å².